The lowest BCUT2D eigenvalue weighted by atomic mass is 9.86. The van der Waals surface area contributed by atoms with Gasteiger partial charge in [0.05, 0.1) is 0 Å². The second-order valence-corrected chi connectivity index (χ2v) is 10.3. The number of amides is 8. The summed E-state index contributed by atoms with van der Waals surface area (Å²) in [6.07, 6.45) is 0. The average molecular weight is 558 g/mol. The van der Waals surface area contributed by atoms with Crippen molar-refractivity contribution < 1.29 is 38.4 Å². The van der Waals surface area contributed by atoms with Crippen LogP contribution >= 0.6 is 0 Å². The fraction of sp³-hybridized carbons (Fsp3) is 0.0667. The molecule has 202 valence electrons. The number of carbonyl (C=O) groups excluding carboxylic acids is 8. The summed E-state index contributed by atoms with van der Waals surface area (Å²) in [6.45, 7) is -0.718. The summed E-state index contributed by atoms with van der Waals surface area (Å²) in [5, 5.41) is 2.93. The zero-order valence-electron chi connectivity index (χ0n) is 21.4. The fourth-order valence-electron chi connectivity index (χ4n) is 6.29. The lowest BCUT2D eigenvalue weighted by Crippen LogP contribution is -2.52. The minimum absolute atomic E-state index is 0.0321. The van der Waals surface area contributed by atoms with Gasteiger partial charge in [-0.05, 0) is 48.5 Å². The third kappa shape index (κ3) is 2.65. The van der Waals surface area contributed by atoms with Crippen molar-refractivity contribution in [1.29, 1.82) is 0 Å². The van der Waals surface area contributed by atoms with Crippen LogP contribution in [-0.2, 0) is 0 Å². The van der Waals surface area contributed by atoms with Gasteiger partial charge in [-0.1, -0.05) is 0 Å². The van der Waals surface area contributed by atoms with E-state index in [1.807, 2.05) is 0 Å². The van der Waals surface area contributed by atoms with Crippen molar-refractivity contribution in [2.75, 3.05) is 13.7 Å². The van der Waals surface area contributed by atoms with Crippen molar-refractivity contribution >= 4 is 68.8 Å². The quantitative estimate of drug-likeness (QED) is 0.366. The molecule has 0 saturated carbocycles. The number of benzene rings is 4. The maximum atomic E-state index is 13.7. The molecule has 0 bridgehead atoms. The molecule has 12 heteroatoms. The van der Waals surface area contributed by atoms with Gasteiger partial charge in [0.15, 0.2) is 0 Å². The number of nitrogens with one attached hydrogen (secondary N) is 1. The molecule has 0 unspecified atom stereocenters. The van der Waals surface area contributed by atoms with Crippen molar-refractivity contribution in [1.82, 2.24) is 20.0 Å². The number of nitrogens with zero attached hydrogens (tertiary/aromatic N) is 3. The topological polar surface area (TPSA) is 158 Å². The molecule has 4 heterocycles. The van der Waals surface area contributed by atoms with E-state index in [9.17, 15) is 38.4 Å². The molecule has 0 aromatic heterocycles. The molecule has 12 nitrogen and oxygen atoms in total. The van der Waals surface area contributed by atoms with Gasteiger partial charge >= 0.3 is 0 Å². The van der Waals surface area contributed by atoms with E-state index in [4.69, 9.17) is 0 Å². The zero-order valence-corrected chi connectivity index (χ0v) is 21.4. The van der Waals surface area contributed by atoms with Crippen LogP contribution in [0.1, 0.15) is 82.9 Å². The maximum absolute atomic E-state index is 13.7. The fourth-order valence-corrected chi connectivity index (χ4v) is 6.29. The Balaban J connectivity index is 1.23. The monoisotopic (exact) mass is 558 g/mol. The van der Waals surface area contributed by atoms with Crippen molar-refractivity contribution in [3.05, 3.63) is 93.0 Å². The molecular formula is C30H14N4O8. The Hall–Kier alpha value is -6.04. The van der Waals surface area contributed by atoms with E-state index in [-0.39, 0.29) is 66.1 Å². The largest absolute Gasteiger partial charge is 0.288 e. The molecule has 4 aromatic carbocycles. The van der Waals surface area contributed by atoms with Gasteiger partial charge in [0.2, 0.25) is 0 Å². The summed E-state index contributed by atoms with van der Waals surface area (Å²) in [4.78, 5) is 108. The van der Waals surface area contributed by atoms with E-state index in [1.54, 1.807) is 0 Å². The van der Waals surface area contributed by atoms with Gasteiger partial charge in [-0.15, -0.1) is 0 Å². The first-order chi connectivity index (χ1) is 20.1. The number of imide groups is 4. The number of hydrogen-bond donors (Lipinski definition) is 1. The van der Waals surface area contributed by atoms with Gasteiger partial charge in [0.1, 0.15) is 6.67 Å². The molecular weight excluding hydrogens is 544 g/mol. The SMILES string of the molecule is CN1C(=O)c2ccc3c4c(ccc(c24)C1=O)C(=O)N(CN1C(=O)c2ccc4c5c(ccc(c25)C1=O)C(=O)NC4=O)C3=O. The van der Waals surface area contributed by atoms with Gasteiger partial charge in [-0.3, -0.25) is 58.4 Å². The Kier molecular flexibility index (Phi) is 4.29. The summed E-state index contributed by atoms with van der Waals surface area (Å²) >= 11 is 0. The van der Waals surface area contributed by atoms with E-state index in [0.717, 1.165) is 14.7 Å². The molecule has 0 fully saturated rings. The Labute approximate surface area is 234 Å². The second kappa shape index (κ2) is 7.57. The molecule has 42 heavy (non-hydrogen) atoms. The third-order valence-electron chi connectivity index (χ3n) is 8.29. The van der Waals surface area contributed by atoms with Crippen LogP contribution in [0.25, 0.3) is 21.5 Å². The van der Waals surface area contributed by atoms with E-state index < -0.39 is 53.9 Å². The Morgan fingerprint density at radius 1 is 0.429 bits per heavy atom. The van der Waals surface area contributed by atoms with Crippen molar-refractivity contribution in [2.24, 2.45) is 0 Å². The van der Waals surface area contributed by atoms with Crippen LogP contribution in [0.3, 0.4) is 0 Å². The Morgan fingerprint density at radius 3 is 1.02 bits per heavy atom. The van der Waals surface area contributed by atoms with Crippen LogP contribution in [-0.4, -0.2) is 75.7 Å². The molecule has 4 aliphatic rings. The van der Waals surface area contributed by atoms with Gasteiger partial charge in [-0.25, -0.2) is 0 Å². The minimum Gasteiger partial charge on any atom is -0.288 e. The normalized spacial score (nSPS) is 17.2. The summed E-state index contributed by atoms with van der Waals surface area (Å²) in [5.74, 6) is -5.70. The minimum atomic E-state index is -0.814. The van der Waals surface area contributed by atoms with Crippen molar-refractivity contribution in [3.63, 3.8) is 0 Å². The molecule has 8 rings (SSSR count). The van der Waals surface area contributed by atoms with E-state index in [0.29, 0.717) is 0 Å². The van der Waals surface area contributed by atoms with Gasteiger partial charge in [-0.2, -0.15) is 0 Å². The number of rotatable bonds is 2. The average Bonchev–Trinajstić information content (AvgIpc) is 2.98. The molecule has 0 atom stereocenters. The molecule has 1 N–H and O–H groups in total. The summed E-state index contributed by atoms with van der Waals surface area (Å²) < 4.78 is 0. The number of hydrogen-bond acceptors (Lipinski definition) is 8. The number of carbonyl (C=O) groups is 8. The highest BCUT2D eigenvalue weighted by Gasteiger charge is 2.43. The first kappa shape index (κ1) is 23.8. The zero-order chi connectivity index (χ0) is 29.4. The van der Waals surface area contributed by atoms with Crippen LogP contribution in [0.15, 0.2) is 48.5 Å². The molecule has 0 aliphatic carbocycles. The Morgan fingerprint density at radius 2 is 0.690 bits per heavy atom. The molecule has 0 spiro atoms. The smallest absolute Gasteiger partial charge is 0.262 e. The highest BCUT2D eigenvalue weighted by atomic mass is 16.2. The lowest BCUT2D eigenvalue weighted by Gasteiger charge is -2.35. The molecule has 0 saturated heterocycles. The molecule has 4 aromatic rings. The molecule has 8 amide bonds. The van der Waals surface area contributed by atoms with Crippen LogP contribution < -0.4 is 5.32 Å². The van der Waals surface area contributed by atoms with Gasteiger partial charge in [0.25, 0.3) is 47.3 Å². The highest BCUT2D eigenvalue weighted by molar-refractivity contribution is 6.35. The summed E-state index contributed by atoms with van der Waals surface area (Å²) in [6, 6.07) is 11.1. The second-order valence-electron chi connectivity index (χ2n) is 10.3. The van der Waals surface area contributed by atoms with Crippen molar-refractivity contribution in [2.45, 2.75) is 0 Å². The Bertz CT molecular complexity index is 2040. The van der Waals surface area contributed by atoms with E-state index >= 15 is 0 Å². The van der Waals surface area contributed by atoms with Crippen LogP contribution in [0, 0.1) is 0 Å². The first-order valence-electron chi connectivity index (χ1n) is 12.7. The molecule has 0 radical (unpaired) electrons. The van der Waals surface area contributed by atoms with E-state index in [1.165, 1.54) is 55.6 Å². The summed E-state index contributed by atoms with van der Waals surface area (Å²) in [5.41, 5.74) is 0.764. The van der Waals surface area contributed by atoms with Gasteiger partial charge < -0.3 is 0 Å². The maximum Gasteiger partial charge on any atom is 0.262 e. The highest BCUT2D eigenvalue weighted by Crippen LogP contribution is 2.39. The predicted molar refractivity (Wildman–Crippen MR) is 142 cm³/mol. The standard InChI is InChI=1S/C30H14N4O8/c1-32-25(37)13-6-8-17-22-18(9-7-14(20(13)22)26(32)38)30(42)34(29(17)41)10-33-27(39)15-4-2-11-19-12(24(36)31-23(11)35)3-5-16(21(15)19)28(33)40/h2-9H,10H2,1H3,(H,31,35,36). The molecule has 4 aliphatic heterocycles. The van der Waals surface area contributed by atoms with Crippen LogP contribution in [0.5, 0.6) is 0 Å². The van der Waals surface area contributed by atoms with E-state index in [2.05, 4.69) is 5.32 Å². The van der Waals surface area contributed by atoms with Crippen molar-refractivity contribution in [3.8, 4) is 0 Å². The van der Waals surface area contributed by atoms with Crippen LogP contribution in [0.4, 0.5) is 0 Å². The van der Waals surface area contributed by atoms with Crippen LogP contribution in [0.2, 0.25) is 0 Å². The summed E-state index contributed by atoms with van der Waals surface area (Å²) in [7, 11) is 1.34. The van der Waals surface area contributed by atoms with Gasteiger partial charge in [0, 0.05) is 73.1 Å². The predicted octanol–water partition coefficient (Wildman–Crippen LogP) is 1.95. The third-order valence-corrected chi connectivity index (χ3v) is 8.29. The first-order valence-corrected chi connectivity index (χ1v) is 12.7. The lowest BCUT2D eigenvalue weighted by molar-refractivity contribution is 0.0416.